The van der Waals surface area contributed by atoms with Crippen molar-refractivity contribution in [1.82, 2.24) is 0 Å². The number of rotatable bonds is 5. The second kappa shape index (κ2) is 10.4. The van der Waals surface area contributed by atoms with Gasteiger partial charge in [-0.05, 0) is 66.4 Å². The van der Waals surface area contributed by atoms with Crippen LogP contribution in [0.2, 0.25) is 0 Å². The van der Waals surface area contributed by atoms with Gasteiger partial charge in [0.1, 0.15) is 11.2 Å². The van der Waals surface area contributed by atoms with Gasteiger partial charge in [0.2, 0.25) is 0 Å². The first kappa shape index (κ1) is 27.5. The van der Waals surface area contributed by atoms with E-state index in [9.17, 15) is 9.59 Å². The smallest absolute Gasteiger partial charge is 0.345 e. The van der Waals surface area contributed by atoms with Gasteiger partial charge in [-0.1, -0.05) is 48.5 Å². The van der Waals surface area contributed by atoms with Crippen molar-refractivity contribution >= 4 is 102 Å². The van der Waals surface area contributed by atoms with Gasteiger partial charge in [0, 0.05) is 60.2 Å². The average molecular weight is 656 g/mol. The van der Waals surface area contributed by atoms with Crippen LogP contribution in [-0.4, -0.2) is 13.1 Å². The van der Waals surface area contributed by atoms with Gasteiger partial charge in [0.05, 0.1) is 20.5 Å². The third-order valence-corrected chi connectivity index (χ3v) is 12.7. The van der Waals surface area contributed by atoms with Crippen LogP contribution in [0.4, 0.5) is 5.69 Å². The van der Waals surface area contributed by atoms with E-state index >= 15 is 0 Å². The molecule has 0 amide bonds. The molecule has 5 aromatic heterocycles. The monoisotopic (exact) mass is 655 g/mol. The lowest BCUT2D eigenvalue weighted by molar-refractivity contribution is 0.563. The first-order valence-corrected chi connectivity index (χ1v) is 17.6. The first-order chi connectivity index (χ1) is 22.5. The minimum atomic E-state index is -0.345. The maximum Gasteiger partial charge on any atom is 0.345 e. The summed E-state index contributed by atoms with van der Waals surface area (Å²) in [7, 11) is 0. The van der Waals surface area contributed by atoms with Crippen LogP contribution in [0.15, 0.2) is 109 Å². The Balaban J connectivity index is 1.16. The molecule has 0 saturated carbocycles. The Morgan fingerprint density at radius 3 is 1.80 bits per heavy atom. The largest absolute Gasteiger partial charge is 0.422 e. The summed E-state index contributed by atoms with van der Waals surface area (Å²) in [6.45, 7) is 6.00. The Kier molecular flexibility index (Phi) is 6.22. The number of hydrogen-bond acceptors (Lipinski definition) is 8. The predicted molar refractivity (Wildman–Crippen MR) is 197 cm³/mol. The Morgan fingerprint density at radius 1 is 0.587 bits per heavy atom. The highest BCUT2D eigenvalue weighted by molar-refractivity contribution is 7.40. The molecular weight excluding hydrogens is 631 g/mol. The fourth-order valence-corrected chi connectivity index (χ4v) is 10.6. The number of hydrogen-bond donors (Lipinski definition) is 0. The minimum absolute atomic E-state index is 0.338. The molecule has 5 nitrogen and oxygen atoms in total. The Hall–Kier alpha value is -4.76. The molecule has 0 saturated heterocycles. The van der Waals surface area contributed by atoms with Gasteiger partial charge in [0.25, 0.3) is 0 Å². The van der Waals surface area contributed by atoms with E-state index in [-0.39, 0.29) is 11.3 Å². The molecule has 5 heterocycles. The molecule has 4 aromatic carbocycles. The fourth-order valence-electron chi connectivity index (χ4n) is 6.57. The maximum atomic E-state index is 13.5. The standard InChI is InChI=1S/C38H25NO4S3/c1-3-39(4-2)21-14-13-20-15-27(37(40)42-29(20)16-21)30-18-32-35(45-30)36-33(44-32)19-31(46-36)28-17-26-24-11-6-5-9-22(24)23-10-7-8-12-25(23)34(26)43-38(28)41/h5-19H,3-4H2,1-2H3. The van der Waals surface area contributed by atoms with E-state index in [1.165, 1.54) is 0 Å². The van der Waals surface area contributed by atoms with Gasteiger partial charge >= 0.3 is 11.3 Å². The second-order valence-electron chi connectivity index (χ2n) is 11.3. The number of fused-ring (bicyclic) bond motifs is 10. The summed E-state index contributed by atoms with van der Waals surface area (Å²) in [6, 6.07) is 30.5. The molecule has 0 aliphatic heterocycles. The van der Waals surface area contributed by atoms with Gasteiger partial charge in [-0.3, -0.25) is 0 Å². The first-order valence-electron chi connectivity index (χ1n) is 15.2. The number of thiophene rings is 3. The summed E-state index contributed by atoms with van der Waals surface area (Å²) in [5, 5.41) is 6.02. The molecule has 224 valence electrons. The van der Waals surface area contributed by atoms with Crippen LogP contribution in [0.3, 0.4) is 0 Å². The predicted octanol–water partition coefficient (Wildman–Crippen LogP) is 10.9. The molecule has 0 aliphatic carbocycles. The van der Waals surface area contributed by atoms with E-state index in [1.54, 1.807) is 34.0 Å². The van der Waals surface area contributed by atoms with Crippen molar-refractivity contribution in [1.29, 1.82) is 0 Å². The average Bonchev–Trinajstić information content (AvgIpc) is 3.76. The third kappa shape index (κ3) is 4.10. The summed E-state index contributed by atoms with van der Waals surface area (Å²) in [4.78, 5) is 30.7. The zero-order chi connectivity index (χ0) is 31.1. The van der Waals surface area contributed by atoms with Gasteiger partial charge in [-0.2, -0.15) is 0 Å². The van der Waals surface area contributed by atoms with Crippen molar-refractivity contribution < 1.29 is 8.83 Å². The van der Waals surface area contributed by atoms with E-state index in [0.717, 1.165) is 79.6 Å². The molecule has 0 fully saturated rings. The van der Waals surface area contributed by atoms with Crippen LogP contribution in [0.1, 0.15) is 13.8 Å². The lowest BCUT2D eigenvalue weighted by Gasteiger charge is -2.20. The highest BCUT2D eigenvalue weighted by atomic mass is 32.1. The topological polar surface area (TPSA) is 63.7 Å². The van der Waals surface area contributed by atoms with Gasteiger partial charge < -0.3 is 13.7 Å². The third-order valence-electron chi connectivity index (χ3n) is 8.83. The van der Waals surface area contributed by atoms with Crippen LogP contribution < -0.4 is 16.2 Å². The molecule has 0 bridgehead atoms. The molecule has 9 aromatic rings. The molecule has 0 unspecified atom stereocenters. The van der Waals surface area contributed by atoms with Gasteiger partial charge in [-0.25, -0.2) is 9.59 Å². The Morgan fingerprint density at radius 2 is 1.15 bits per heavy atom. The number of nitrogens with zero attached hydrogens (tertiary/aromatic N) is 1. The van der Waals surface area contributed by atoms with Crippen LogP contribution >= 0.6 is 34.0 Å². The molecule has 0 radical (unpaired) electrons. The summed E-state index contributed by atoms with van der Waals surface area (Å²) in [5.74, 6) is 0. The second-order valence-corrected chi connectivity index (χ2v) is 14.5. The van der Waals surface area contributed by atoms with Crippen LogP contribution in [0, 0.1) is 0 Å². The molecule has 9 rings (SSSR count). The van der Waals surface area contributed by atoms with Crippen molar-refractivity contribution in [3.05, 3.63) is 112 Å². The molecule has 8 heteroatoms. The Bertz CT molecular complexity index is 2790. The van der Waals surface area contributed by atoms with Crippen molar-refractivity contribution in [2.75, 3.05) is 18.0 Å². The van der Waals surface area contributed by atoms with Gasteiger partial charge in [-0.15, -0.1) is 34.0 Å². The fraction of sp³-hybridized carbons (Fsp3) is 0.105. The SMILES string of the molecule is CCN(CC)c1ccc2cc(-c3cc4sc5cc(-c6cc7c8ccccc8c8ccccc8c7oc6=O)sc5c4s3)c(=O)oc2c1. The van der Waals surface area contributed by atoms with E-state index < -0.39 is 0 Å². The summed E-state index contributed by atoms with van der Waals surface area (Å²) in [5.41, 5.74) is 2.70. The molecule has 0 aliphatic rings. The zero-order valence-corrected chi connectivity index (χ0v) is 27.3. The van der Waals surface area contributed by atoms with E-state index in [0.29, 0.717) is 22.3 Å². The molecule has 0 atom stereocenters. The van der Waals surface area contributed by atoms with E-state index in [1.807, 2.05) is 54.6 Å². The van der Waals surface area contributed by atoms with Crippen LogP contribution in [0.5, 0.6) is 0 Å². The van der Waals surface area contributed by atoms with Crippen molar-refractivity contribution in [2.45, 2.75) is 13.8 Å². The van der Waals surface area contributed by atoms with E-state index in [4.69, 9.17) is 8.83 Å². The summed E-state index contributed by atoms with van der Waals surface area (Å²) < 4.78 is 16.4. The highest BCUT2D eigenvalue weighted by Crippen LogP contribution is 2.48. The van der Waals surface area contributed by atoms with Gasteiger partial charge in [0.15, 0.2) is 0 Å². The summed E-state index contributed by atoms with van der Waals surface area (Å²) >= 11 is 4.87. The van der Waals surface area contributed by atoms with Crippen molar-refractivity contribution in [3.8, 4) is 20.9 Å². The normalized spacial score (nSPS) is 12.0. The molecule has 0 N–H and O–H groups in total. The van der Waals surface area contributed by atoms with E-state index in [2.05, 4.69) is 55.1 Å². The minimum Gasteiger partial charge on any atom is -0.422 e. The highest BCUT2D eigenvalue weighted by Gasteiger charge is 2.20. The van der Waals surface area contributed by atoms with Crippen LogP contribution in [0.25, 0.3) is 83.2 Å². The molecule has 0 spiro atoms. The van der Waals surface area contributed by atoms with Crippen molar-refractivity contribution in [3.63, 3.8) is 0 Å². The molecular formula is C38H25NO4S3. The molecule has 46 heavy (non-hydrogen) atoms. The summed E-state index contributed by atoms with van der Waals surface area (Å²) in [6.07, 6.45) is 0. The quantitative estimate of drug-likeness (QED) is 0.136. The number of anilines is 1. The lowest BCUT2D eigenvalue weighted by Crippen LogP contribution is -2.21. The maximum absolute atomic E-state index is 13.5. The Labute approximate surface area is 274 Å². The van der Waals surface area contributed by atoms with Crippen LogP contribution in [-0.2, 0) is 0 Å². The number of benzene rings is 4. The lowest BCUT2D eigenvalue weighted by atomic mass is 9.97. The van der Waals surface area contributed by atoms with Crippen molar-refractivity contribution in [2.24, 2.45) is 0 Å². The zero-order valence-electron chi connectivity index (χ0n) is 24.9.